The minimum Gasteiger partial charge on any atom is -0.455 e. The Bertz CT molecular complexity index is 763. The van der Waals surface area contributed by atoms with Gasteiger partial charge in [0.1, 0.15) is 11.3 Å². The third kappa shape index (κ3) is 2.88. The summed E-state index contributed by atoms with van der Waals surface area (Å²) in [6.07, 6.45) is 1.79. The summed E-state index contributed by atoms with van der Waals surface area (Å²) >= 11 is 0. The van der Waals surface area contributed by atoms with Gasteiger partial charge in [-0.2, -0.15) is 0 Å². The van der Waals surface area contributed by atoms with Crippen molar-refractivity contribution in [3.8, 4) is 11.5 Å². The Kier molecular flexibility index (Phi) is 3.84. The molecule has 0 bridgehead atoms. The fourth-order valence-electron chi connectivity index (χ4n) is 2.35. The van der Waals surface area contributed by atoms with Gasteiger partial charge in [0.2, 0.25) is 0 Å². The molecule has 0 amide bonds. The highest BCUT2D eigenvalue weighted by Crippen LogP contribution is 2.30. The molecule has 2 aromatic carbocycles. The number of benzene rings is 2. The maximum absolute atomic E-state index is 6.12. The molecule has 0 spiro atoms. The fourth-order valence-corrected chi connectivity index (χ4v) is 2.35. The van der Waals surface area contributed by atoms with Crippen LogP contribution in [0.15, 0.2) is 54.7 Å². The van der Waals surface area contributed by atoms with Crippen LogP contribution in [0.25, 0.3) is 10.9 Å². The summed E-state index contributed by atoms with van der Waals surface area (Å²) < 4.78 is 6.12. The number of hydrogen-bond donors (Lipinski definition) is 1. The largest absolute Gasteiger partial charge is 0.455 e. The second kappa shape index (κ2) is 5.94. The third-order valence-electron chi connectivity index (χ3n) is 3.45. The van der Waals surface area contributed by atoms with Crippen molar-refractivity contribution in [3.63, 3.8) is 0 Å². The van der Waals surface area contributed by atoms with Crippen LogP contribution >= 0.6 is 0 Å². The van der Waals surface area contributed by atoms with Gasteiger partial charge in [-0.3, -0.25) is 4.98 Å². The highest BCUT2D eigenvalue weighted by atomic mass is 16.5. The van der Waals surface area contributed by atoms with Gasteiger partial charge in [-0.1, -0.05) is 30.3 Å². The molecule has 0 atom stereocenters. The molecular weight excluding hydrogens is 260 g/mol. The highest BCUT2D eigenvalue weighted by Gasteiger charge is 2.07. The zero-order valence-electron chi connectivity index (χ0n) is 12.3. The Morgan fingerprint density at radius 1 is 1.05 bits per heavy atom. The van der Waals surface area contributed by atoms with Crippen molar-refractivity contribution < 1.29 is 4.74 Å². The summed E-state index contributed by atoms with van der Waals surface area (Å²) in [6.45, 7) is 2.88. The average Bonchev–Trinajstić information content (AvgIpc) is 2.51. The number of nitrogens with zero attached hydrogens (tertiary/aromatic N) is 1. The second-order valence-corrected chi connectivity index (χ2v) is 5.06. The van der Waals surface area contributed by atoms with Gasteiger partial charge in [0.05, 0.1) is 0 Å². The smallest absolute Gasteiger partial charge is 0.153 e. The molecule has 0 aliphatic rings. The van der Waals surface area contributed by atoms with Gasteiger partial charge < -0.3 is 10.1 Å². The number of hydrogen-bond acceptors (Lipinski definition) is 3. The van der Waals surface area contributed by atoms with Crippen molar-refractivity contribution >= 4 is 10.9 Å². The van der Waals surface area contributed by atoms with Crippen molar-refractivity contribution in [1.29, 1.82) is 0 Å². The molecule has 0 radical (unpaired) electrons. The number of pyridine rings is 1. The van der Waals surface area contributed by atoms with Crippen LogP contribution in [0.2, 0.25) is 0 Å². The minimum atomic E-state index is 0.790. The van der Waals surface area contributed by atoms with E-state index in [1.807, 2.05) is 37.4 Å². The zero-order valence-corrected chi connectivity index (χ0v) is 12.3. The topological polar surface area (TPSA) is 34.1 Å². The molecule has 1 aromatic heterocycles. The van der Waals surface area contributed by atoms with E-state index < -0.39 is 0 Å². The van der Waals surface area contributed by atoms with Crippen molar-refractivity contribution in [3.05, 3.63) is 65.9 Å². The SMILES string of the molecule is CNCc1ccc(C)c(Oc2cccc3cccnc23)c1. The maximum atomic E-state index is 6.12. The summed E-state index contributed by atoms with van der Waals surface area (Å²) in [4.78, 5) is 4.43. The zero-order chi connectivity index (χ0) is 14.7. The van der Waals surface area contributed by atoms with Gasteiger partial charge in [-0.25, -0.2) is 0 Å². The molecule has 3 rings (SSSR count). The number of fused-ring (bicyclic) bond motifs is 1. The minimum absolute atomic E-state index is 0.790. The molecule has 3 aromatic rings. The van der Waals surface area contributed by atoms with Crippen LogP contribution in [0.5, 0.6) is 11.5 Å². The first-order valence-corrected chi connectivity index (χ1v) is 7.03. The number of para-hydroxylation sites is 1. The van der Waals surface area contributed by atoms with Crippen LogP contribution in [0.4, 0.5) is 0 Å². The molecule has 0 saturated carbocycles. The normalized spacial score (nSPS) is 10.8. The summed E-state index contributed by atoms with van der Waals surface area (Å²) in [7, 11) is 1.94. The lowest BCUT2D eigenvalue weighted by molar-refractivity contribution is 0.482. The predicted molar refractivity (Wildman–Crippen MR) is 85.8 cm³/mol. The lowest BCUT2D eigenvalue weighted by atomic mass is 10.1. The first kappa shape index (κ1) is 13.6. The van der Waals surface area contributed by atoms with E-state index in [2.05, 4.69) is 35.4 Å². The molecular formula is C18H18N2O. The summed E-state index contributed by atoms with van der Waals surface area (Å²) in [5.74, 6) is 1.67. The van der Waals surface area contributed by atoms with Crippen molar-refractivity contribution in [1.82, 2.24) is 10.3 Å². The summed E-state index contributed by atoms with van der Waals surface area (Å²) in [5, 5.41) is 4.24. The summed E-state index contributed by atoms with van der Waals surface area (Å²) in [5.41, 5.74) is 3.20. The van der Waals surface area contributed by atoms with E-state index in [-0.39, 0.29) is 0 Å². The van der Waals surface area contributed by atoms with Gasteiger partial charge in [-0.05, 0) is 43.3 Å². The Balaban J connectivity index is 2.00. The lowest BCUT2D eigenvalue weighted by Crippen LogP contribution is -2.05. The first-order valence-electron chi connectivity index (χ1n) is 7.03. The third-order valence-corrected chi connectivity index (χ3v) is 3.45. The van der Waals surface area contributed by atoms with Crippen LogP contribution < -0.4 is 10.1 Å². The molecule has 1 N–H and O–H groups in total. The molecule has 106 valence electrons. The predicted octanol–water partition coefficient (Wildman–Crippen LogP) is 4.05. The van der Waals surface area contributed by atoms with Crippen LogP contribution in [-0.2, 0) is 6.54 Å². The van der Waals surface area contributed by atoms with Gasteiger partial charge in [0, 0.05) is 18.1 Å². The molecule has 21 heavy (non-hydrogen) atoms. The average molecular weight is 278 g/mol. The maximum Gasteiger partial charge on any atom is 0.153 e. The Labute approximate surface area is 124 Å². The summed E-state index contributed by atoms with van der Waals surface area (Å²) in [6, 6.07) is 16.2. The van der Waals surface area contributed by atoms with E-state index >= 15 is 0 Å². The standard InChI is InChI=1S/C18H18N2O/c1-13-8-9-14(12-19-2)11-17(13)21-16-7-3-5-15-6-4-10-20-18(15)16/h3-11,19H,12H2,1-2H3. The highest BCUT2D eigenvalue weighted by molar-refractivity contribution is 5.84. The quantitative estimate of drug-likeness (QED) is 0.781. The molecule has 0 aliphatic heterocycles. The van der Waals surface area contributed by atoms with E-state index in [0.29, 0.717) is 0 Å². The Morgan fingerprint density at radius 2 is 1.90 bits per heavy atom. The van der Waals surface area contributed by atoms with E-state index in [4.69, 9.17) is 4.74 Å². The monoisotopic (exact) mass is 278 g/mol. The Morgan fingerprint density at radius 3 is 2.76 bits per heavy atom. The molecule has 0 fully saturated rings. The Hall–Kier alpha value is -2.39. The first-order chi connectivity index (χ1) is 10.3. The van der Waals surface area contributed by atoms with Crippen molar-refractivity contribution in [2.24, 2.45) is 0 Å². The van der Waals surface area contributed by atoms with Crippen LogP contribution in [0, 0.1) is 6.92 Å². The van der Waals surface area contributed by atoms with Gasteiger partial charge >= 0.3 is 0 Å². The molecule has 1 heterocycles. The molecule has 3 nitrogen and oxygen atoms in total. The van der Waals surface area contributed by atoms with Crippen LogP contribution in [0.1, 0.15) is 11.1 Å². The molecule has 0 saturated heterocycles. The van der Waals surface area contributed by atoms with E-state index in [9.17, 15) is 0 Å². The van der Waals surface area contributed by atoms with E-state index in [0.717, 1.165) is 34.5 Å². The number of ether oxygens (including phenoxy) is 1. The van der Waals surface area contributed by atoms with Gasteiger partial charge in [0.15, 0.2) is 5.75 Å². The lowest BCUT2D eigenvalue weighted by Gasteiger charge is -2.12. The van der Waals surface area contributed by atoms with Crippen molar-refractivity contribution in [2.45, 2.75) is 13.5 Å². The molecule has 3 heteroatoms. The number of nitrogens with one attached hydrogen (secondary N) is 1. The molecule has 0 aliphatic carbocycles. The van der Waals surface area contributed by atoms with E-state index in [1.165, 1.54) is 5.56 Å². The number of aryl methyl sites for hydroxylation is 1. The van der Waals surface area contributed by atoms with Gasteiger partial charge in [0.25, 0.3) is 0 Å². The second-order valence-electron chi connectivity index (χ2n) is 5.06. The van der Waals surface area contributed by atoms with Crippen molar-refractivity contribution in [2.75, 3.05) is 7.05 Å². The van der Waals surface area contributed by atoms with Crippen LogP contribution in [0.3, 0.4) is 0 Å². The molecule has 0 unspecified atom stereocenters. The number of aromatic nitrogens is 1. The van der Waals surface area contributed by atoms with E-state index in [1.54, 1.807) is 6.20 Å². The van der Waals surface area contributed by atoms with Crippen LogP contribution in [-0.4, -0.2) is 12.0 Å². The fraction of sp³-hybridized carbons (Fsp3) is 0.167. The van der Waals surface area contributed by atoms with Gasteiger partial charge in [-0.15, -0.1) is 0 Å². The number of rotatable bonds is 4.